The van der Waals surface area contributed by atoms with Crippen LogP contribution in [-0.4, -0.2) is 40.0 Å². The van der Waals surface area contributed by atoms with Gasteiger partial charge >= 0.3 is 0 Å². The van der Waals surface area contributed by atoms with E-state index in [-0.39, 0.29) is 0 Å². The molecule has 0 bridgehead atoms. The summed E-state index contributed by atoms with van der Waals surface area (Å²) in [6.45, 7) is 3.02. The zero-order valence-electron chi connectivity index (χ0n) is 15.6. The lowest BCUT2D eigenvalue weighted by atomic mass is 9.93. The summed E-state index contributed by atoms with van der Waals surface area (Å²) in [7, 11) is 1.70. The molecule has 27 heavy (non-hydrogen) atoms. The lowest BCUT2D eigenvalue weighted by molar-refractivity contribution is 0.0453. The zero-order chi connectivity index (χ0) is 18.7. The second-order valence-electron chi connectivity index (χ2n) is 7.21. The highest BCUT2D eigenvalue weighted by atomic mass is 16.5. The Kier molecular flexibility index (Phi) is 4.97. The fourth-order valence-electron chi connectivity index (χ4n) is 3.87. The largest absolute Gasteiger partial charge is 0.496 e. The highest BCUT2D eigenvalue weighted by molar-refractivity contribution is 5.37. The fraction of sp³-hybridized carbons (Fsp3) is 0.318. The Balaban J connectivity index is 1.48. The molecule has 140 valence electrons. The Morgan fingerprint density at radius 2 is 1.96 bits per heavy atom. The summed E-state index contributed by atoms with van der Waals surface area (Å²) in [6, 6.07) is 18.2. The minimum atomic E-state index is -0.758. The van der Waals surface area contributed by atoms with Gasteiger partial charge in [-0.05, 0) is 35.7 Å². The maximum Gasteiger partial charge on any atom is 0.123 e. The molecule has 0 amide bonds. The zero-order valence-corrected chi connectivity index (χ0v) is 15.6. The third-order valence-corrected chi connectivity index (χ3v) is 5.28. The van der Waals surface area contributed by atoms with Crippen molar-refractivity contribution in [2.75, 3.05) is 20.2 Å². The first-order valence-corrected chi connectivity index (χ1v) is 9.30. The molecule has 0 unspecified atom stereocenters. The first-order chi connectivity index (χ1) is 13.2. The van der Waals surface area contributed by atoms with Gasteiger partial charge in [0.15, 0.2) is 0 Å². The predicted octanol–water partition coefficient (Wildman–Crippen LogP) is 3.03. The molecule has 1 aliphatic heterocycles. The number of ether oxygens (including phenoxy) is 1. The first-order valence-electron chi connectivity index (χ1n) is 9.30. The van der Waals surface area contributed by atoms with Gasteiger partial charge in [0.05, 0.1) is 13.7 Å². The van der Waals surface area contributed by atoms with Crippen LogP contribution in [0.2, 0.25) is 0 Å². The van der Waals surface area contributed by atoms with Crippen molar-refractivity contribution < 1.29 is 9.84 Å². The minimum Gasteiger partial charge on any atom is -0.496 e. The van der Waals surface area contributed by atoms with Crippen molar-refractivity contribution in [1.82, 2.24) is 14.7 Å². The topological polar surface area (TPSA) is 50.5 Å². The van der Waals surface area contributed by atoms with E-state index in [1.54, 1.807) is 13.3 Å². The highest BCUT2D eigenvalue weighted by Crippen LogP contribution is 2.33. The van der Waals surface area contributed by atoms with Gasteiger partial charge in [-0.25, -0.2) is 0 Å². The Morgan fingerprint density at radius 3 is 2.70 bits per heavy atom. The summed E-state index contributed by atoms with van der Waals surface area (Å²) < 4.78 is 7.41. The number of benzene rings is 2. The third-order valence-electron chi connectivity index (χ3n) is 5.28. The van der Waals surface area contributed by atoms with Crippen molar-refractivity contribution in [2.24, 2.45) is 0 Å². The van der Waals surface area contributed by atoms with Crippen molar-refractivity contribution in [3.05, 3.63) is 83.7 Å². The molecule has 0 spiro atoms. The number of hydrogen-bond donors (Lipinski definition) is 1. The van der Waals surface area contributed by atoms with Crippen LogP contribution in [0.3, 0.4) is 0 Å². The molecule has 1 fully saturated rings. The van der Waals surface area contributed by atoms with Gasteiger partial charge in [0.2, 0.25) is 0 Å². The average molecular weight is 363 g/mol. The van der Waals surface area contributed by atoms with E-state index in [2.05, 4.69) is 22.1 Å². The molecule has 3 aromatic rings. The maximum atomic E-state index is 11.0. The lowest BCUT2D eigenvalue weighted by Gasteiger charge is -2.24. The molecule has 1 saturated heterocycles. The minimum absolute atomic E-state index is 0.650. The van der Waals surface area contributed by atoms with Crippen LogP contribution in [0.5, 0.6) is 5.75 Å². The number of hydrogen-bond acceptors (Lipinski definition) is 4. The van der Waals surface area contributed by atoms with Crippen LogP contribution >= 0.6 is 0 Å². The number of methoxy groups -OCH3 is 1. The van der Waals surface area contributed by atoms with Gasteiger partial charge in [-0.15, -0.1) is 0 Å². The molecule has 4 rings (SSSR count). The number of aromatic nitrogens is 2. The Bertz CT molecular complexity index is 880. The molecule has 1 atom stereocenters. The lowest BCUT2D eigenvalue weighted by Crippen LogP contribution is -2.30. The molecular formula is C22H25N3O2. The van der Waals surface area contributed by atoms with Gasteiger partial charge in [0, 0.05) is 37.6 Å². The summed E-state index contributed by atoms with van der Waals surface area (Å²) in [5, 5.41) is 15.3. The van der Waals surface area contributed by atoms with E-state index in [0.29, 0.717) is 13.1 Å². The van der Waals surface area contributed by atoms with E-state index in [1.165, 1.54) is 5.56 Å². The Labute approximate surface area is 159 Å². The smallest absolute Gasteiger partial charge is 0.123 e. The molecular weight excluding hydrogens is 338 g/mol. The van der Waals surface area contributed by atoms with E-state index < -0.39 is 5.60 Å². The second kappa shape index (κ2) is 7.55. The normalized spacial score (nSPS) is 20.1. The summed E-state index contributed by atoms with van der Waals surface area (Å²) in [5.41, 5.74) is 2.57. The van der Waals surface area contributed by atoms with Crippen molar-refractivity contribution in [3.8, 4) is 5.75 Å². The Hall–Kier alpha value is -2.63. The molecule has 1 aliphatic rings. The van der Waals surface area contributed by atoms with Gasteiger partial charge in [-0.1, -0.05) is 36.4 Å². The standard InChI is InChI=1S/C22H25N3O2/c1-27-21-9-8-18(14-19(21)16-25-12-5-11-23-25)15-24-13-10-22(26,17-24)20-6-3-2-4-7-20/h2-9,11-12,14,26H,10,13,15-17H2,1H3/t22-/m1/s1. The van der Waals surface area contributed by atoms with Crippen LogP contribution in [0.1, 0.15) is 23.1 Å². The highest BCUT2D eigenvalue weighted by Gasteiger charge is 2.37. The fourth-order valence-corrected chi connectivity index (χ4v) is 3.87. The van der Waals surface area contributed by atoms with Crippen LogP contribution in [0.25, 0.3) is 0 Å². The average Bonchev–Trinajstić information content (AvgIpc) is 3.33. The van der Waals surface area contributed by atoms with Gasteiger partial charge in [0.25, 0.3) is 0 Å². The molecule has 5 nitrogen and oxygen atoms in total. The molecule has 2 heterocycles. The summed E-state index contributed by atoms with van der Waals surface area (Å²) in [6.07, 6.45) is 4.49. The molecule has 0 radical (unpaired) electrons. The van der Waals surface area contributed by atoms with Crippen LogP contribution < -0.4 is 4.74 Å². The van der Waals surface area contributed by atoms with Crippen LogP contribution in [0, 0.1) is 0 Å². The second-order valence-corrected chi connectivity index (χ2v) is 7.21. The van der Waals surface area contributed by atoms with Crippen LogP contribution in [0.15, 0.2) is 67.0 Å². The molecule has 2 aromatic carbocycles. The summed E-state index contributed by atoms with van der Waals surface area (Å²) >= 11 is 0. The molecule has 1 aromatic heterocycles. The van der Waals surface area contributed by atoms with E-state index in [1.807, 2.05) is 53.3 Å². The van der Waals surface area contributed by atoms with Crippen molar-refractivity contribution in [2.45, 2.75) is 25.1 Å². The predicted molar refractivity (Wildman–Crippen MR) is 105 cm³/mol. The first kappa shape index (κ1) is 17.8. The molecule has 5 heteroatoms. The van der Waals surface area contributed by atoms with Crippen molar-refractivity contribution in [3.63, 3.8) is 0 Å². The molecule has 0 aliphatic carbocycles. The van der Waals surface area contributed by atoms with Gasteiger partial charge < -0.3 is 9.84 Å². The summed E-state index contributed by atoms with van der Waals surface area (Å²) in [4.78, 5) is 2.31. The molecule has 1 N–H and O–H groups in total. The number of β-amino-alcohol motifs (C(OH)–C–C–N with tert-alkyl or cyclic N) is 1. The van der Waals surface area contributed by atoms with Crippen molar-refractivity contribution in [1.29, 1.82) is 0 Å². The number of rotatable bonds is 6. The number of nitrogens with zero attached hydrogens (tertiary/aromatic N) is 3. The number of likely N-dealkylation sites (tertiary alicyclic amines) is 1. The van der Waals surface area contributed by atoms with Crippen LogP contribution in [0.4, 0.5) is 0 Å². The van der Waals surface area contributed by atoms with E-state index >= 15 is 0 Å². The quantitative estimate of drug-likeness (QED) is 0.731. The van der Waals surface area contributed by atoms with E-state index in [9.17, 15) is 5.11 Å². The van der Waals surface area contributed by atoms with Crippen LogP contribution in [-0.2, 0) is 18.7 Å². The van der Waals surface area contributed by atoms with Gasteiger partial charge in [-0.2, -0.15) is 5.10 Å². The van der Waals surface area contributed by atoms with E-state index in [0.717, 1.165) is 36.4 Å². The maximum absolute atomic E-state index is 11.0. The van der Waals surface area contributed by atoms with Crippen molar-refractivity contribution >= 4 is 0 Å². The third kappa shape index (κ3) is 3.89. The van der Waals surface area contributed by atoms with Gasteiger partial charge in [-0.3, -0.25) is 9.58 Å². The van der Waals surface area contributed by atoms with Gasteiger partial charge in [0.1, 0.15) is 11.4 Å². The number of aliphatic hydroxyl groups is 1. The SMILES string of the molecule is COc1ccc(CN2CC[C@](O)(c3ccccc3)C2)cc1Cn1cccn1. The Morgan fingerprint density at radius 1 is 1.11 bits per heavy atom. The molecule has 0 saturated carbocycles. The summed E-state index contributed by atoms with van der Waals surface area (Å²) in [5.74, 6) is 0.872. The monoisotopic (exact) mass is 363 g/mol. The van der Waals surface area contributed by atoms with E-state index in [4.69, 9.17) is 4.74 Å².